The highest BCUT2D eigenvalue weighted by atomic mass is 32.1. The Balaban J connectivity index is 1.99. The number of anilines is 1. The van der Waals surface area contributed by atoms with Gasteiger partial charge >= 0.3 is 0 Å². The lowest BCUT2D eigenvalue weighted by atomic mass is 10.2. The van der Waals surface area contributed by atoms with E-state index in [9.17, 15) is 4.79 Å². The van der Waals surface area contributed by atoms with E-state index in [-0.39, 0.29) is 5.91 Å². The van der Waals surface area contributed by atoms with Crippen LogP contribution in [0.1, 0.15) is 48.3 Å². The van der Waals surface area contributed by atoms with E-state index in [1.165, 1.54) is 11.3 Å². The van der Waals surface area contributed by atoms with Crippen molar-refractivity contribution in [3.8, 4) is 5.75 Å². The molecule has 0 aliphatic heterocycles. The van der Waals surface area contributed by atoms with E-state index in [0.717, 1.165) is 17.0 Å². The smallest absolute Gasteiger partial charge is 0.257 e. The highest BCUT2D eigenvalue weighted by Gasteiger charge is 2.10. The summed E-state index contributed by atoms with van der Waals surface area (Å²) >= 11 is 1.51. The molecule has 0 bridgehead atoms. The second-order valence-corrected chi connectivity index (χ2v) is 6.11. The van der Waals surface area contributed by atoms with Crippen molar-refractivity contribution in [2.24, 2.45) is 0 Å². The van der Waals surface area contributed by atoms with E-state index in [1.54, 1.807) is 12.1 Å². The van der Waals surface area contributed by atoms with Crippen molar-refractivity contribution in [1.29, 1.82) is 0 Å². The van der Waals surface area contributed by atoms with Gasteiger partial charge in [0.15, 0.2) is 5.13 Å². The van der Waals surface area contributed by atoms with Crippen LogP contribution in [0.3, 0.4) is 0 Å². The summed E-state index contributed by atoms with van der Waals surface area (Å²) in [5.41, 5.74) is 0.597. The number of hydrogen-bond acceptors (Lipinski definition) is 4. The van der Waals surface area contributed by atoms with Gasteiger partial charge in [-0.1, -0.05) is 20.8 Å². The molecule has 1 N–H and O–H groups in total. The summed E-state index contributed by atoms with van der Waals surface area (Å²) in [6.45, 7) is 6.95. The van der Waals surface area contributed by atoms with Gasteiger partial charge < -0.3 is 4.74 Å². The molecular formula is C16H20N2O2S. The van der Waals surface area contributed by atoms with Crippen molar-refractivity contribution in [2.75, 3.05) is 11.9 Å². The Morgan fingerprint density at radius 3 is 2.62 bits per heavy atom. The highest BCUT2D eigenvalue weighted by Crippen LogP contribution is 2.25. The molecule has 0 unspecified atom stereocenters. The number of carbonyl (C=O) groups excluding carboxylic acids is 1. The Kier molecular flexibility index (Phi) is 5.33. The van der Waals surface area contributed by atoms with Gasteiger partial charge in [-0.25, -0.2) is 4.98 Å². The van der Waals surface area contributed by atoms with Crippen LogP contribution in [0.2, 0.25) is 0 Å². The monoisotopic (exact) mass is 304 g/mol. The molecule has 0 atom stereocenters. The number of ether oxygens (including phenoxy) is 1. The molecule has 21 heavy (non-hydrogen) atoms. The van der Waals surface area contributed by atoms with E-state index in [1.807, 2.05) is 18.3 Å². The van der Waals surface area contributed by atoms with Crippen LogP contribution >= 0.6 is 11.3 Å². The molecule has 2 aromatic rings. The van der Waals surface area contributed by atoms with E-state index in [4.69, 9.17) is 4.74 Å². The first-order valence-corrected chi connectivity index (χ1v) is 7.91. The fourth-order valence-corrected chi connectivity index (χ4v) is 2.52. The second-order valence-electron chi connectivity index (χ2n) is 5.05. The molecule has 1 aromatic heterocycles. The van der Waals surface area contributed by atoms with Gasteiger partial charge in [-0.3, -0.25) is 10.1 Å². The maximum Gasteiger partial charge on any atom is 0.257 e. The van der Waals surface area contributed by atoms with Crippen LogP contribution in [0, 0.1) is 0 Å². The fourth-order valence-electron chi connectivity index (χ4n) is 1.70. The standard InChI is InChI=1S/C16H20N2O2S/c1-4-9-20-13-7-5-12(6-8-13)15(19)18-16-17-10-14(21-16)11(2)3/h5-8,10-11H,4,9H2,1-3H3,(H,17,18,19). The summed E-state index contributed by atoms with van der Waals surface area (Å²) in [5.74, 6) is 1.05. The molecule has 1 heterocycles. The topological polar surface area (TPSA) is 51.2 Å². The maximum atomic E-state index is 12.1. The average molecular weight is 304 g/mol. The van der Waals surface area contributed by atoms with Crippen molar-refractivity contribution in [2.45, 2.75) is 33.1 Å². The Hall–Kier alpha value is -1.88. The lowest BCUT2D eigenvalue weighted by Gasteiger charge is -2.05. The largest absolute Gasteiger partial charge is 0.494 e. The van der Waals surface area contributed by atoms with Crippen LogP contribution < -0.4 is 10.1 Å². The fraction of sp³-hybridized carbons (Fsp3) is 0.375. The van der Waals surface area contributed by atoms with Gasteiger partial charge in [-0.2, -0.15) is 0 Å². The first-order valence-electron chi connectivity index (χ1n) is 7.10. The molecule has 0 saturated carbocycles. The molecule has 1 aromatic carbocycles. The number of nitrogens with one attached hydrogen (secondary N) is 1. The number of aromatic nitrogens is 1. The van der Waals surface area contributed by atoms with E-state index in [0.29, 0.717) is 23.2 Å². The van der Waals surface area contributed by atoms with E-state index >= 15 is 0 Å². The highest BCUT2D eigenvalue weighted by molar-refractivity contribution is 7.15. The van der Waals surface area contributed by atoms with Crippen LogP contribution in [-0.4, -0.2) is 17.5 Å². The van der Waals surface area contributed by atoms with Crippen molar-refractivity contribution >= 4 is 22.4 Å². The minimum absolute atomic E-state index is 0.151. The molecule has 4 nitrogen and oxygen atoms in total. The van der Waals surface area contributed by atoms with Crippen molar-refractivity contribution in [3.05, 3.63) is 40.9 Å². The summed E-state index contributed by atoms with van der Waals surface area (Å²) in [4.78, 5) is 17.5. The van der Waals surface area contributed by atoms with Gasteiger partial charge in [-0.15, -0.1) is 11.3 Å². The zero-order valence-electron chi connectivity index (χ0n) is 12.6. The second kappa shape index (κ2) is 7.22. The third-order valence-corrected chi connectivity index (χ3v) is 4.12. The number of rotatable bonds is 6. The molecule has 0 aliphatic carbocycles. The normalized spacial score (nSPS) is 10.7. The minimum atomic E-state index is -0.151. The van der Waals surface area contributed by atoms with E-state index in [2.05, 4.69) is 31.1 Å². The number of benzene rings is 1. The number of nitrogens with zero attached hydrogens (tertiary/aromatic N) is 1. The zero-order chi connectivity index (χ0) is 15.2. The number of hydrogen-bond donors (Lipinski definition) is 1. The molecule has 0 spiro atoms. The lowest BCUT2D eigenvalue weighted by Crippen LogP contribution is -2.11. The SMILES string of the molecule is CCCOc1ccc(C(=O)Nc2ncc(C(C)C)s2)cc1. The predicted molar refractivity (Wildman–Crippen MR) is 86.4 cm³/mol. The number of thiazole rings is 1. The molecule has 5 heteroatoms. The van der Waals surface area contributed by atoms with Gasteiger partial charge in [0.1, 0.15) is 5.75 Å². The first kappa shape index (κ1) is 15.5. The van der Waals surface area contributed by atoms with Gasteiger partial charge in [0.2, 0.25) is 0 Å². The van der Waals surface area contributed by atoms with Gasteiger partial charge in [0.05, 0.1) is 6.61 Å². The quantitative estimate of drug-likeness (QED) is 0.865. The Bertz CT molecular complexity index is 591. The third kappa shape index (κ3) is 4.29. The molecule has 0 saturated heterocycles. The summed E-state index contributed by atoms with van der Waals surface area (Å²) in [6.07, 6.45) is 2.77. The van der Waals surface area contributed by atoms with Crippen molar-refractivity contribution < 1.29 is 9.53 Å². The lowest BCUT2D eigenvalue weighted by molar-refractivity contribution is 0.102. The maximum absolute atomic E-state index is 12.1. The van der Waals surface area contributed by atoms with Crippen LogP contribution in [0.15, 0.2) is 30.5 Å². The molecule has 0 fully saturated rings. The van der Waals surface area contributed by atoms with Crippen molar-refractivity contribution in [1.82, 2.24) is 4.98 Å². The number of carbonyl (C=O) groups is 1. The average Bonchev–Trinajstić information content (AvgIpc) is 2.94. The summed E-state index contributed by atoms with van der Waals surface area (Å²) < 4.78 is 5.50. The van der Waals surface area contributed by atoms with Crippen LogP contribution in [-0.2, 0) is 0 Å². The summed E-state index contributed by atoms with van der Waals surface area (Å²) in [7, 11) is 0. The van der Waals surface area contributed by atoms with E-state index < -0.39 is 0 Å². The Morgan fingerprint density at radius 1 is 1.33 bits per heavy atom. The van der Waals surface area contributed by atoms with Crippen molar-refractivity contribution in [3.63, 3.8) is 0 Å². The molecule has 0 radical (unpaired) electrons. The molecule has 112 valence electrons. The van der Waals surface area contributed by atoms with Gasteiger partial charge in [0, 0.05) is 16.6 Å². The van der Waals surface area contributed by atoms with Gasteiger partial charge in [-0.05, 0) is 36.6 Å². The summed E-state index contributed by atoms with van der Waals surface area (Å²) in [6, 6.07) is 7.15. The third-order valence-electron chi connectivity index (χ3n) is 2.90. The molecular weight excluding hydrogens is 284 g/mol. The molecule has 0 aliphatic rings. The van der Waals surface area contributed by atoms with Crippen LogP contribution in [0.5, 0.6) is 5.75 Å². The molecule has 2 rings (SSSR count). The van der Waals surface area contributed by atoms with Gasteiger partial charge in [0.25, 0.3) is 5.91 Å². The molecule has 1 amide bonds. The summed E-state index contributed by atoms with van der Waals surface area (Å²) in [5, 5.41) is 3.46. The van der Waals surface area contributed by atoms with Crippen LogP contribution in [0.4, 0.5) is 5.13 Å². The predicted octanol–water partition coefficient (Wildman–Crippen LogP) is 4.31. The minimum Gasteiger partial charge on any atom is -0.494 e. The Morgan fingerprint density at radius 2 is 2.05 bits per heavy atom. The number of amides is 1. The zero-order valence-corrected chi connectivity index (χ0v) is 13.4. The Labute approximate surface area is 129 Å². The first-order chi connectivity index (χ1) is 10.1. The van der Waals surface area contributed by atoms with Crippen LogP contribution in [0.25, 0.3) is 0 Å².